The van der Waals surface area contributed by atoms with Crippen LogP contribution in [0.3, 0.4) is 0 Å². The SMILES string of the molecule is CC(C)N(CCO)C(CN)c1ccccc1Cl. The molecule has 1 rings (SSSR count). The molecule has 0 aliphatic heterocycles. The van der Waals surface area contributed by atoms with E-state index >= 15 is 0 Å². The molecule has 4 heteroatoms. The molecular weight excluding hydrogens is 236 g/mol. The molecule has 96 valence electrons. The molecule has 1 unspecified atom stereocenters. The van der Waals surface area contributed by atoms with Gasteiger partial charge in [-0.3, -0.25) is 4.90 Å². The number of halogens is 1. The molecule has 3 N–H and O–H groups in total. The molecule has 0 aliphatic carbocycles. The average Bonchev–Trinajstić information content (AvgIpc) is 2.31. The number of nitrogens with zero attached hydrogens (tertiary/aromatic N) is 1. The number of benzene rings is 1. The lowest BCUT2D eigenvalue weighted by molar-refractivity contribution is 0.121. The second-order valence-electron chi connectivity index (χ2n) is 4.33. The van der Waals surface area contributed by atoms with Crippen LogP contribution in [0.4, 0.5) is 0 Å². The zero-order valence-electron chi connectivity index (χ0n) is 10.4. The van der Waals surface area contributed by atoms with Gasteiger partial charge in [-0.1, -0.05) is 29.8 Å². The topological polar surface area (TPSA) is 49.5 Å². The molecule has 0 bridgehead atoms. The highest BCUT2D eigenvalue weighted by atomic mass is 35.5. The zero-order chi connectivity index (χ0) is 12.8. The number of rotatable bonds is 6. The van der Waals surface area contributed by atoms with Gasteiger partial charge in [0.25, 0.3) is 0 Å². The van der Waals surface area contributed by atoms with Crippen LogP contribution in [0, 0.1) is 0 Å². The molecular formula is C13H21ClN2O. The monoisotopic (exact) mass is 256 g/mol. The highest BCUT2D eigenvalue weighted by molar-refractivity contribution is 6.31. The minimum atomic E-state index is 0.0517. The Morgan fingerprint density at radius 1 is 1.35 bits per heavy atom. The summed E-state index contributed by atoms with van der Waals surface area (Å²) in [5, 5.41) is 9.86. The van der Waals surface area contributed by atoms with E-state index in [4.69, 9.17) is 22.4 Å². The van der Waals surface area contributed by atoms with Gasteiger partial charge in [-0.2, -0.15) is 0 Å². The summed E-state index contributed by atoms with van der Waals surface area (Å²) in [5.74, 6) is 0. The molecule has 0 aromatic heterocycles. The smallest absolute Gasteiger partial charge is 0.0558 e. The highest BCUT2D eigenvalue weighted by Crippen LogP contribution is 2.27. The summed E-state index contributed by atoms with van der Waals surface area (Å²) in [6.45, 7) is 5.40. The molecule has 17 heavy (non-hydrogen) atoms. The lowest BCUT2D eigenvalue weighted by atomic mass is 10.0. The van der Waals surface area contributed by atoms with Crippen LogP contribution in [-0.4, -0.2) is 35.7 Å². The molecule has 0 saturated heterocycles. The maximum atomic E-state index is 9.13. The van der Waals surface area contributed by atoms with Crippen molar-refractivity contribution in [1.29, 1.82) is 0 Å². The van der Waals surface area contributed by atoms with Crippen LogP contribution in [0.2, 0.25) is 5.02 Å². The first-order valence-electron chi connectivity index (χ1n) is 5.93. The Kier molecular flexibility index (Phi) is 5.92. The Hall–Kier alpha value is -0.610. The van der Waals surface area contributed by atoms with Gasteiger partial charge < -0.3 is 10.8 Å². The molecule has 1 atom stereocenters. The van der Waals surface area contributed by atoms with Crippen LogP contribution in [-0.2, 0) is 0 Å². The summed E-state index contributed by atoms with van der Waals surface area (Å²) >= 11 is 6.20. The van der Waals surface area contributed by atoms with Gasteiger partial charge in [0.05, 0.1) is 6.61 Å². The van der Waals surface area contributed by atoms with Gasteiger partial charge in [-0.15, -0.1) is 0 Å². The van der Waals surface area contributed by atoms with E-state index in [0.717, 1.165) is 10.6 Å². The van der Waals surface area contributed by atoms with Crippen molar-refractivity contribution in [1.82, 2.24) is 4.90 Å². The van der Waals surface area contributed by atoms with Crippen molar-refractivity contribution in [3.63, 3.8) is 0 Å². The summed E-state index contributed by atoms with van der Waals surface area (Å²) in [7, 11) is 0. The van der Waals surface area contributed by atoms with Gasteiger partial charge in [0, 0.05) is 30.2 Å². The van der Waals surface area contributed by atoms with Crippen LogP contribution >= 0.6 is 11.6 Å². The fraction of sp³-hybridized carbons (Fsp3) is 0.538. The zero-order valence-corrected chi connectivity index (χ0v) is 11.2. The molecule has 0 aliphatic rings. The first-order valence-corrected chi connectivity index (χ1v) is 6.30. The first kappa shape index (κ1) is 14.5. The van der Waals surface area contributed by atoms with Crippen molar-refractivity contribution in [2.24, 2.45) is 5.73 Å². The largest absolute Gasteiger partial charge is 0.395 e. The standard InChI is InChI=1S/C13H21ClN2O/c1-10(2)16(7-8-17)13(9-15)11-5-3-4-6-12(11)14/h3-6,10,13,17H,7-9,15H2,1-2H3. The number of aliphatic hydroxyl groups excluding tert-OH is 1. The first-order chi connectivity index (χ1) is 8.11. The van der Waals surface area contributed by atoms with E-state index in [2.05, 4.69) is 18.7 Å². The van der Waals surface area contributed by atoms with E-state index in [0.29, 0.717) is 19.1 Å². The maximum absolute atomic E-state index is 9.13. The van der Waals surface area contributed by atoms with E-state index in [-0.39, 0.29) is 12.6 Å². The third-order valence-electron chi connectivity index (χ3n) is 2.91. The number of aliphatic hydroxyl groups is 1. The van der Waals surface area contributed by atoms with Crippen molar-refractivity contribution in [3.8, 4) is 0 Å². The molecule has 1 aromatic carbocycles. The van der Waals surface area contributed by atoms with Crippen LogP contribution in [0.25, 0.3) is 0 Å². The normalized spacial score (nSPS) is 13.4. The average molecular weight is 257 g/mol. The molecule has 0 amide bonds. The molecule has 0 spiro atoms. The van der Waals surface area contributed by atoms with E-state index in [1.54, 1.807) is 0 Å². The number of hydrogen-bond acceptors (Lipinski definition) is 3. The maximum Gasteiger partial charge on any atom is 0.0558 e. The van der Waals surface area contributed by atoms with Crippen molar-refractivity contribution in [3.05, 3.63) is 34.9 Å². The van der Waals surface area contributed by atoms with Crippen LogP contribution in [0.1, 0.15) is 25.5 Å². The Balaban J connectivity index is 3.00. The third kappa shape index (κ3) is 3.68. The second kappa shape index (κ2) is 6.97. The van der Waals surface area contributed by atoms with Crippen molar-refractivity contribution < 1.29 is 5.11 Å². The number of hydrogen-bond donors (Lipinski definition) is 2. The predicted molar refractivity (Wildman–Crippen MR) is 72.2 cm³/mol. The summed E-state index contributed by atoms with van der Waals surface area (Å²) in [6, 6.07) is 8.10. The van der Waals surface area contributed by atoms with E-state index in [1.165, 1.54) is 0 Å². The van der Waals surface area contributed by atoms with Crippen LogP contribution in [0.15, 0.2) is 24.3 Å². The van der Waals surface area contributed by atoms with E-state index in [1.807, 2.05) is 24.3 Å². The van der Waals surface area contributed by atoms with Crippen molar-refractivity contribution >= 4 is 11.6 Å². The third-order valence-corrected chi connectivity index (χ3v) is 3.25. The lowest BCUT2D eigenvalue weighted by Gasteiger charge is -2.34. The van der Waals surface area contributed by atoms with Crippen LogP contribution in [0.5, 0.6) is 0 Å². The Labute approximate surface area is 108 Å². The summed E-state index contributed by atoms with van der Waals surface area (Å²) in [6.07, 6.45) is 0. The summed E-state index contributed by atoms with van der Waals surface area (Å²) in [4.78, 5) is 2.17. The Morgan fingerprint density at radius 2 is 2.00 bits per heavy atom. The molecule has 1 aromatic rings. The second-order valence-corrected chi connectivity index (χ2v) is 4.74. The highest BCUT2D eigenvalue weighted by Gasteiger charge is 2.22. The quantitative estimate of drug-likeness (QED) is 0.819. The van der Waals surface area contributed by atoms with Crippen LogP contribution < -0.4 is 5.73 Å². The predicted octanol–water partition coefficient (Wildman–Crippen LogP) is 2.04. The van der Waals surface area contributed by atoms with Crippen molar-refractivity contribution in [2.75, 3.05) is 19.7 Å². The van der Waals surface area contributed by atoms with Gasteiger partial charge in [0.15, 0.2) is 0 Å². The van der Waals surface area contributed by atoms with E-state index in [9.17, 15) is 0 Å². The van der Waals surface area contributed by atoms with Crippen molar-refractivity contribution in [2.45, 2.75) is 25.9 Å². The van der Waals surface area contributed by atoms with Gasteiger partial charge in [0.1, 0.15) is 0 Å². The van der Waals surface area contributed by atoms with Gasteiger partial charge in [-0.25, -0.2) is 0 Å². The summed E-state index contributed by atoms with van der Waals surface area (Å²) < 4.78 is 0. The molecule has 0 heterocycles. The van der Waals surface area contributed by atoms with Gasteiger partial charge in [0.2, 0.25) is 0 Å². The molecule has 0 fully saturated rings. The van der Waals surface area contributed by atoms with E-state index < -0.39 is 0 Å². The minimum Gasteiger partial charge on any atom is -0.395 e. The molecule has 0 saturated carbocycles. The minimum absolute atomic E-state index is 0.0517. The fourth-order valence-electron chi connectivity index (χ4n) is 2.08. The van der Waals surface area contributed by atoms with Gasteiger partial charge >= 0.3 is 0 Å². The fourth-order valence-corrected chi connectivity index (χ4v) is 2.34. The molecule has 3 nitrogen and oxygen atoms in total. The number of nitrogens with two attached hydrogens (primary N) is 1. The Bertz CT molecular complexity index is 344. The molecule has 0 radical (unpaired) electrons. The van der Waals surface area contributed by atoms with Gasteiger partial charge in [-0.05, 0) is 25.5 Å². The Morgan fingerprint density at radius 3 is 2.47 bits per heavy atom. The summed E-state index contributed by atoms with van der Waals surface area (Å²) in [5.41, 5.74) is 6.89. The lowest BCUT2D eigenvalue weighted by Crippen LogP contribution is -2.40.